The average Bonchev–Trinajstić information content (AvgIpc) is 2.90. The van der Waals surface area contributed by atoms with Gasteiger partial charge in [0.15, 0.2) is 0 Å². The van der Waals surface area contributed by atoms with Crippen LogP contribution in [-0.2, 0) is 9.53 Å². The fraction of sp³-hybridized carbons (Fsp3) is 0.933. The van der Waals surface area contributed by atoms with Crippen molar-refractivity contribution < 1.29 is 9.53 Å². The van der Waals surface area contributed by atoms with Crippen molar-refractivity contribution in [1.29, 1.82) is 0 Å². The number of hydrogen-bond donors (Lipinski definition) is 1. The number of nitrogens with one attached hydrogen (secondary N) is 1. The Hall–Kier alpha value is -0.570. The molecule has 2 rings (SSSR count). The van der Waals surface area contributed by atoms with E-state index in [0.717, 1.165) is 31.7 Å². The van der Waals surface area contributed by atoms with Gasteiger partial charge in [-0.1, -0.05) is 19.3 Å². The summed E-state index contributed by atoms with van der Waals surface area (Å²) in [5.74, 6) is 1.04. The van der Waals surface area contributed by atoms with Crippen LogP contribution in [0.4, 0.5) is 0 Å². The van der Waals surface area contributed by atoms with E-state index in [9.17, 15) is 4.79 Å². The zero-order valence-corrected chi connectivity index (χ0v) is 11.6. The lowest BCUT2D eigenvalue weighted by Gasteiger charge is -2.29. The molecule has 3 heteroatoms. The lowest BCUT2D eigenvalue weighted by atomic mass is 9.85. The SMILES string of the molecule is CCOC(=O)C1CCCC(NCC2CCCC2)C1. The summed E-state index contributed by atoms with van der Waals surface area (Å²) in [5, 5.41) is 3.68. The molecular formula is C15H27NO2. The molecule has 0 radical (unpaired) electrons. The van der Waals surface area contributed by atoms with E-state index in [1.54, 1.807) is 0 Å². The fourth-order valence-corrected chi connectivity index (χ4v) is 3.40. The predicted octanol–water partition coefficient (Wildman–Crippen LogP) is 2.89. The van der Waals surface area contributed by atoms with Crippen molar-refractivity contribution in [1.82, 2.24) is 5.32 Å². The molecule has 0 aromatic carbocycles. The van der Waals surface area contributed by atoms with Crippen LogP contribution in [0, 0.1) is 11.8 Å². The van der Waals surface area contributed by atoms with Crippen LogP contribution in [0.3, 0.4) is 0 Å². The number of ether oxygens (including phenoxy) is 1. The molecule has 104 valence electrons. The van der Waals surface area contributed by atoms with Crippen LogP contribution in [0.5, 0.6) is 0 Å². The summed E-state index contributed by atoms with van der Waals surface area (Å²) >= 11 is 0. The second-order valence-electron chi connectivity index (χ2n) is 5.87. The van der Waals surface area contributed by atoms with Crippen molar-refractivity contribution in [3.63, 3.8) is 0 Å². The van der Waals surface area contributed by atoms with Crippen LogP contribution in [0.15, 0.2) is 0 Å². The minimum Gasteiger partial charge on any atom is -0.466 e. The number of carbonyl (C=O) groups excluding carboxylic acids is 1. The smallest absolute Gasteiger partial charge is 0.308 e. The lowest BCUT2D eigenvalue weighted by Crippen LogP contribution is -2.38. The second-order valence-corrected chi connectivity index (χ2v) is 5.87. The van der Waals surface area contributed by atoms with Gasteiger partial charge in [0.2, 0.25) is 0 Å². The van der Waals surface area contributed by atoms with Crippen molar-refractivity contribution in [3.05, 3.63) is 0 Å². The summed E-state index contributed by atoms with van der Waals surface area (Å²) < 4.78 is 5.14. The zero-order chi connectivity index (χ0) is 12.8. The highest BCUT2D eigenvalue weighted by molar-refractivity contribution is 5.72. The Morgan fingerprint density at radius 2 is 1.94 bits per heavy atom. The zero-order valence-electron chi connectivity index (χ0n) is 11.6. The quantitative estimate of drug-likeness (QED) is 0.766. The van der Waals surface area contributed by atoms with Crippen molar-refractivity contribution in [2.45, 2.75) is 64.3 Å². The third-order valence-electron chi connectivity index (χ3n) is 4.46. The molecule has 2 saturated carbocycles. The Morgan fingerprint density at radius 3 is 2.67 bits per heavy atom. The van der Waals surface area contributed by atoms with Gasteiger partial charge in [-0.05, 0) is 51.5 Å². The highest BCUT2D eigenvalue weighted by Crippen LogP contribution is 2.27. The van der Waals surface area contributed by atoms with E-state index in [1.807, 2.05) is 6.92 Å². The lowest BCUT2D eigenvalue weighted by molar-refractivity contribution is -0.149. The first-order valence-corrected chi connectivity index (χ1v) is 7.69. The normalized spacial score (nSPS) is 29.4. The maximum Gasteiger partial charge on any atom is 0.308 e. The molecule has 0 aliphatic heterocycles. The molecule has 2 unspecified atom stereocenters. The molecule has 18 heavy (non-hydrogen) atoms. The van der Waals surface area contributed by atoms with Crippen LogP contribution in [0.25, 0.3) is 0 Å². The van der Waals surface area contributed by atoms with Gasteiger partial charge in [-0.2, -0.15) is 0 Å². The van der Waals surface area contributed by atoms with E-state index >= 15 is 0 Å². The summed E-state index contributed by atoms with van der Waals surface area (Å²) in [5.41, 5.74) is 0. The van der Waals surface area contributed by atoms with Gasteiger partial charge in [-0.25, -0.2) is 0 Å². The summed E-state index contributed by atoms with van der Waals surface area (Å²) in [7, 11) is 0. The first-order chi connectivity index (χ1) is 8.79. The highest BCUT2D eigenvalue weighted by atomic mass is 16.5. The number of carbonyl (C=O) groups is 1. The van der Waals surface area contributed by atoms with Crippen LogP contribution in [0.1, 0.15) is 58.3 Å². The van der Waals surface area contributed by atoms with E-state index in [4.69, 9.17) is 4.74 Å². The van der Waals surface area contributed by atoms with Crippen molar-refractivity contribution in [2.75, 3.05) is 13.2 Å². The van der Waals surface area contributed by atoms with E-state index in [0.29, 0.717) is 12.6 Å². The molecule has 2 aliphatic rings. The van der Waals surface area contributed by atoms with Gasteiger partial charge in [-0.15, -0.1) is 0 Å². The van der Waals surface area contributed by atoms with Crippen molar-refractivity contribution >= 4 is 5.97 Å². The Labute approximate surface area is 111 Å². The largest absolute Gasteiger partial charge is 0.466 e. The summed E-state index contributed by atoms with van der Waals surface area (Å²) in [4.78, 5) is 11.8. The van der Waals surface area contributed by atoms with Gasteiger partial charge in [0.05, 0.1) is 12.5 Å². The monoisotopic (exact) mass is 253 g/mol. The summed E-state index contributed by atoms with van der Waals surface area (Å²) in [6, 6.07) is 0.536. The topological polar surface area (TPSA) is 38.3 Å². The highest BCUT2D eigenvalue weighted by Gasteiger charge is 2.28. The molecule has 0 amide bonds. The standard InChI is InChI=1S/C15H27NO2/c1-2-18-15(17)13-8-5-9-14(10-13)16-11-12-6-3-4-7-12/h12-14,16H,2-11H2,1H3. The Balaban J connectivity index is 1.70. The van der Waals surface area contributed by atoms with Crippen LogP contribution >= 0.6 is 0 Å². The van der Waals surface area contributed by atoms with Crippen molar-refractivity contribution in [3.8, 4) is 0 Å². The van der Waals surface area contributed by atoms with Gasteiger partial charge in [0, 0.05) is 6.04 Å². The minimum absolute atomic E-state index is 0.0184. The molecule has 0 bridgehead atoms. The molecule has 0 saturated heterocycles. The third kappa shape index (κ3) is 3.98. The predicted molar refractivity (Wildman–Crippen MR) is 72.3 cm³/mol. The molecule has 0 aromatic rings. The van der Waals surface area contributed by atoms with Gasteiger partial charge in [0.1, 0.15) is 0 Å². The van der Waals surface area contributed by atoms with Gasteiger partial charge in [-0.3, -0.25) is 4.79 Å². The molecule has 0 aromatic heterocycles. The van der Waals surface area contributed by atoms with Crippen LogP contribution in [0.2, 0.25) is 0 Å². The molecule has 2 atom stereocenters. The first kappa shape index (κ1) is 13.9. The Kier molecular flexibility index (Phi) is 5.48. The minimum atomic E-state index is 0.0184. The first-order valence-electron chi connectivity index (χ1n) is 7.69. The number of rotatable bonds is 5. The Bertz CT molecular complexity index is 261. The molecule has 3 nitrogen and oxygen atoms in total. The third-order valence-corrected chi connectivity index (χ3v) is 4.46. The molecular weight excluding hydrogens is 226 g/mol. The van der Waals surface area contributed by atoms with E-state index in [2.05, 4.69) is 5.32 Å². The van der Waals surface area contributed by atoms with Gasteiger partial charge >= 0.3 is 5.97 Å². The average molecular weight is 253 g/mol. The summed E-state index contributed by atoms with van der Waals surface area (Å²) in [6.45, 7) is 3.55. The van der Waals surface area contributed by atoms with E-state index < -0.39 is 0 Å². The van der Waals surface area contributed by atoms with Gasteiger partial charge < -0.3 is 10.1 Å². The molecule has 0 heterocycles. The van der Waals surface area contributed by atoms with Crippen LogP contribution in [-0.4, -0.2) is 25.2 Å². The van der Waals surface area contributed by atoms with E-state index in [-0.39, 0.29) is 11.9 Å². The van der Waals surface area contributed by atoms with E-state index in [1.165, 1.54) is 32.1 Å². The number of hydrogen-bond acceptors (Lipinski definition) is 3. The second kappa shape index (κ2) is 7.13. The molecule has 2 aliphatic carbocycles. The Morgan fingerprint density at radius 1 is 1.17 bits per heavy atom. The fourth-order valence-electron chi connectivity index (χ4n) is 3.40. The summed E-state index contributed by atoms with van der Waals surface area (Å²) in [6.07, 6.45) is 9.97. The number of esters is 1. The molecule has 1 N–H and O–H groups in total. The maximum absolute atomic E-state index is 11.8. The van der Waals surface area contributed by atoms with Crippen LogP contribution < -0.4 is 5.32 Å². The molecule has 2 fully saturated rings. The molecule has 0 spiro atoms. The van der Waals surface area contributed by atoms with Crippen molar-refractivity contribution in [2.24, 2.45) is 11.8 Å². The van der Waals surface area contributed by atoms with Gasteiger partial charge in [0.25, 0.3) is 0 Å². The maximum atomic E-state index is 11.8.